The van der Waals surface area contributed by atoms with Crippen LogP contribution in [0.4, 0.5) is 0 Å². The lowest BCUT2D eigenvalue weighted by atomic mass is 9.78. The van der Waals surface area contributed by atoms with Crippen LogP contribution in [0.25, 0.3) is 22.3 Å². The van der Waals surface area contributed by atoms with Crippen LogP contribution >= 0.6 is 0 Å². The zero-order chi connectivity index (χ0) is 19.4. The third kappa shape index (κ3) is 3.23. The molecule has 0 bridgehead atoms. The first-order valence-electron chi connectivity index (χ1n) is 10.0. The predicted molar refractivity (Wildman–Crippen MR) is 118 cm³/mol. The van der Waals surface area contributed by atoms with E-state index in [-0.39, 0.29) is 10.8 Å². The normalized spacial score (nSPS) is 13.4. The van der Waals surface area contributed by atoms with Crippen LogP contribution in [0.1, 0.15) is 63.8 Å². The summed E-state index contributed by atoms with van der Waals surface area (Å²) in [5.74, 6) is 0. The maximum absolute atomic E-state index is 2.41. The maximum Gasteiger partial charge on any atom is -0.000729 e. The second-order valence-electron chi connectivity index (χ2n) is 9.96. The summed E-state index contributed by atoms with van der Waals surface area (Å²) < 4.78 is 0. The molecule has 0 heteroatoms. The van der Waals surface area contributed by atoms with Crippen LogP contribution in [0.2, 0.25) is 0 Å². The predicted octanol–water partition coefficient (Wildman–Crippen LogP) is 7.52. The Morgan fingerprint density at radius 2 is 1.15 bits per heavy atom. The summed E-state index contributed by atoms with van der Waals surface area (Å²) in [6.07, 6.45) is 1.03. The fourth-order valence-electron chi connectivity index (χ4n) is 4.08. The zero-order valence-corrected chi connectivity index (χ0v) is 17.5. The fraction of sp³-hybridized carbons (Fsp3) is 0.333. The molecule has 3 aromatic rings. The molecule has 0 aliphatic heterocycles. The SMILES string of the molecule is CC(C)(C)c1cc(-c2cccc3c2Cc2ccccc2-3)cc(C(C)(C)C)c1. The minimum Gasteiger partial charge on any atom is -0.0619 e. The highest BCUT2D eigenvalue weighted by Gasteiger charge is 2.24. The van der Waals surface area contributed by atoms with Crippen molar-refractivity contribution in [1.29, 1.82) is 0 Å². The van der Waals surface area contributed by atoms with E-state index in [4.69, 9.17) is 0 Å². The van der Waals surface area contributed by atoms with Gasteiger partial charge in [0.15, 0.2) is 0 Å². The monoisotopic (exact) mass is 354 g/mol. The Balaban J connectivity index is 1.93. The molecule has 1 aliphatic rings. The summed E-state index contributed by atoms with van der Waals surface area (Å²) in [6, 6.07) is 22.9. The molecule has 0 spiro atoms. The molecule has 0 nitrogen and oxygen atoms in total. The number of hydrogen-bond acceptors (Lipinski definition) is 0. The van der Waals surface area contributed by atoms with Crippen molar-refractivity contribution in [1.82, 2.24) is 0 Å². The van der Waals surface area contributed by atoms with E-state index >= 15 is 0 Å². The largest absolute Gasteiger partial charge is 0.0619 e. The van der Waals surface area contributed by atoms with Gasteiger partial charge >= 0.3 is 0 Å². The van der Waals surface area contributed by atoms with Crippen molar-refractivity contribution in [3.8, 4) is 22.3 Å². The summed E-state index contributed by atoms with van der Waals surface area (Å²) in [5, 5.41) is 0. The van der Waals surface area contributed by atoms with E-state index < -0.39 is 0 Å². The molecular formula is C27H30. The van der Waals surface area contributed by atoms with Crippen LogP contribution in [0.3, 0.4) is 0 Å². The number of benzene rings is 3. The van der Waals surface area contributed by atoms with Gasteiger partial charge < -0.3 is 0 Å². The van der Waals surface area contributed by atoms with Gasteiger partial charge in [0.25, 0.3) is 0 Å². The first kappa shape index (κ1) is 18.0. The molecule has 0 heterocycles. The van der Waals surface area contributed by atoms with Gasteiger partial charge in [0.1, 0.15) is 0 Å². The van der Waals surface area contributed by atoms with E-state index in [1.165, 1.54) is 44.5 Å². The minimum atomic E-state index is 0.136. The van der Waals surface area contributed by atoms with Crippen molar-refractivity contribution in [2.75, 3.05) is 0 Å². The van der Waals surface area contributed by atoms with Crippen molar-refractivity contribution in [3.05, 3.63) is 82.9 Å². The Morgan fingerprint density at radius 1 is 0.593 bits per heavy atom. The molecule has 0 aromatic heterocycles. The summed E-state index contributed by atoms with van der Waals surface area (Å²) in [6.45, 7) is 13.9. The van der Waals surface area contributed by atoms with Crippen molar-refractivity contribution in [2.45, 2.75) is 58.8 Å². The van der Waals surface area contributed by atoms with Gasteiger partial charge in [0.2, 0.25) is 0 Å². The zero-order valence-electron chi connectivity index (χ0n) is 17.5. The average molecular weight is 355 g/mol. The molecule has 27 heavy (non-hydrogen) atoms. The van der Waals surface area contributed by atoms with Crippen LogP contribution in [0, 0.1) is 0 Å². The van der Waals surface area contributed by atoms with Crippen LogP contribution < -0.4 is 0 Å². The number of hydrogen-bond donors (Lipinski definition) is 0. The van der Waals surface area contributed by atoms with E-state index in [1.54, 1.807) is 0 Å². The molecule has 138 valence electrons. The van der Waals surface area contributed by atoms with Crippen LogP contribution in [0.15, 0.2) is 60.7 Å². The number of rotatable bonds is 1. The maximum atomic E-state index is 2.41. The molecule has 3 aromatic carbocycles. The molecule has 0 amide bonds. The molecule has 0 saturated heterocycles. The van der Waals surface area contributed by atoms with E-state index in [9.17, 15) is 0 Å². The van der Waals surface area contributed by atoms with Crippen molar-refractivity contribution in [3.63, 3.8) is 0 Å². The molecule has 0 radical (unpaired) electrons. The van der Waals surface area contributed by atoms with Crippen LogP contribution in [-0.2, 0) is 17.3 Å². The van der Waals surface area contributed by atoms with Gasteiger partial charge in [0, 0.05) is 0 Å². The second kappa shape index (κ2) is 6.09. The van der Waals surface area contributed by atoms with Gasteiger partial charge in [-0.1, -0.05) is 102 Å². The van der Waals surface area contributed by atoms with E-state index in [0.29, 0.717) is 0 Å². The van der Waals surface area contributed by atoms with Gasteiger partial charge in [-0.3, -0.25) is 0 Å². The first-order chi connectivity index (χ1) is 12.6. The van der Waals surface area contributed by atoms with Crippen molar-refractivity contribution < 1.29 is 0 Å². The lowest BCUT2D eigenvalue weighted by Gasteiger charge is -2.26. The van der Waals surface area contributed by atoms with Gasteiger partial charge in [-0.2, -0.15) is 0 Å². The quantitative estimate of drug-likeness (QED) is 0.331. The summed E-state index contributed by atoms with van der Waals surface area (Å²) >= 11 is 0. The van der Waals surface area contributed by atoms with E-state index in [2.05, 4.69) is 102 Å². The lowest BCUT2D eigenvalue weighted by Crippen LogP contribution is -2.16. The Hall–Kier alpha value is -2.34. The highest BCUT2D eigenvalue weighted by molar-refractivity contribution is 5.85. The van der Waals surface area contributed by atoms with Gasteiger partial charge in [-0.15, -0.1) is 0 Å². The smallest absolute Gasteiger partial charge is 0.000729 e. The van der Waals surface area contributed by atoms with Gasteiger partial charge in [0.05, 0.1) is 0 Å². The topological polar surface area (TPSA) is 0 Å². The highest BCUT2D eigenvalue weighted by atomic mass is 14.3. The third-order valence-corrected chi connectivity index (χ3v) is 5.83. The van der Waals surface area contributed by atoms with Gasteiger partial charge in [-0.05, 0) is 61.8 Å². The Bertz CT molecular complexity index is 975. The van der Waals surface area contributed by atoms with E-state index in [1.807, 2.05) is 0 Å². The molecule has 0 N–H and O–H groups in total. The molecule has 0 saturated carbocycles. The third-order valence-electron chi connectivity index (χ3n) is 5.83. The molecule has 0 fully saturated rings. The van der Waals surface area contributed by atoms with Crippen LogP contribution in [0.5, 0.6) is 0 Å². The summed E-state index contributed by atoms with van der Waals surface area (Å²) in [5.41, 5.74) is 11.6. The van der Waals surface area contributed by atoms with Gasteiger partial charge in [-0.25, -0.2) is 0 Å². The average Bonchev–Trinajstić information content (AvgIpc) is 2.98. The van der Waals surface area contributed by atoms with Crippen molar-refractivity contribution >= 4 is 0 Å². The van der Waals surface area contributed by atoms with Crippen LogP contribution in [-0.4, -0.2) is 0 Å². The second-order valence-corrected chi connectivity index (χ2v) is 9.96. The minimum absolute atomic E-state index is 0.136. The van der Waals surface area contributed by atoms with Crippen molar-refractivity contribution in [2.24, 2.45) is 0 Å². The molecule has 1 aliphatic carbocycles. The molecule has 0 unspecified atom stereocenters. The fourth-order valence-corrected chi connectivity index (χ4v) is 4.08. The standard InChI is InChI=1S/C27H30/c1-26(2,3)20-14-19(15-21(17-20)27(4,5)6)23-12-9-13-24-22-11-8-7-10-18(22)16-25(23)24/h7-15,17H,16H2,1-6H3. The molecule has 4 rings (SSSR count). The lowest BCUT2D eigenvalue weighted by molar-refractivity contribution is 0.569. The molecular weight excluding hydrogens is 324 g/mol. The Kier molecular flexibility index (Phi) is 4.07. The Labute approximate surface area is 164 Å². The summed E-state index contributed by atoms with van der Waals surface area (Å²) in [7, 11) is 0. The Morgan fingerprint density at radius 3 is 1.78 bits per heavy atom. The van der Waals surface area contributed by atoms with E-state index in [0.717, 1.165) is 6.42 Å². The number of fused-ring (bicyclic) bond motifs is 3. The summed E-state index contributed by atoms with van der Waals surface area (Å²) in [4.78, 5) is 0. The molecule has 0 atom stereocenters. The first-order valence-corrected chi connectivity index (χ1v) is 10.0. The highest BCUT2D eigenvalue weighted by Crippen LogP contribution is 2.43.